The first-order chi connectivity index (χ1) is 14.7. The molecule has 9 nitrogen and oxygen atoms in total. The minimum absolute atomic E-state index is 0.114. The van der Waals surface area contributed by atoms with E-state index in [2.05, 4.69) is 21.6 Å². The number of nitrogens with one attached hydrogen (secondary N) is 1. The summed E-state index contributed by atoms with van der Waals surface area (Å²) in [4.78, 5) is 14.7. The number of fused-ring (bicyclic) bond motifs is 1. The SMILES string of the molecule is COc1cc(-c2cnn([C@@H]3CCN(C(=O)[C@H]4CCNC4)C3)c2)cn2ncc(C#N)c12. The lowest BCUT2D eigenvalue weighted by atomic mass is 10.1. The minimum atomic E-state index is 0.114. The zero-order chi connectivity index (χ0) is 20.7. The first kappa shape index (κ1) is 18.6. The molecule has 154 valence electrons. The number of rotatable bonds is 4. The van der Waals surface area contributed by atoms with E-state index in [-0.39, 0.29) is 17.9 Å². The molecule has 30 heavy (non-hydrogen) atoms. The normalized spacial score (nSPS) is 21.3. The molecular weight excluding hydrogens is 382 g/mol. The van der Waals surface area contributed by atoms with Gasteiger partial charge in [-0.2, -0.15) is 15.5 Å². The second kappa shape index (κ2) is 7.46. The first-order valence-electron chi connectivity index (χ1n) is 10.2. The predicted molar refractivity (Wildman–Crippen MR) is 109 cm³/mol. The van der Waals surface area contributed by atoms with Crippen LogP contribution >= 0.6 is 0 Å². The number of methoxy groups -OCH3 is 1. The summed E-state index contributed by atoms with van der Waals surface area (Å²) in [5, 5.41) is 21.4. The van der Waals surface area contributed by atoms with E-state index in [0.29, 0.717) is 23.4 Å². The van der Waals surface area contributed by atoms with Gasteiger partial charge in [-0.1, -0.05) is 0 Å². The van der Waals surface area contributed by atoms with Crippen LogP contribution in [-0.4, -0.2) is 63.5 Å². The Morgan fingerprint density at radius 1 is 1.27 bits per heavy atom. The Morgan fingerprint density at radius 2 is 2.17 bits per heavy atom. The Morgan fingerprint density at radius 3 is 2.93 bits per heavy atom. The molecule has 1 amide bonds. The molecule has 0 unspecified atom stereocenters. The van der Waals surface area contributed by atoms with Crippen LogP contribution in [0.5, 0.6) is 5.75 Å². The van der Waals surface area contributed by atoms with Gasteiger partial charge in [-0.3, -0.25) is 9.48 Å². The predicted octanol–water partition coefficient (Wildman–Crippen LogP) is 1.46. The Bertz CT molecular complexity index is 1140. The van der Waals surface area contributed by atoms with Crippen molar-refractivity contribution in [3.63, 3.8) is 0 Å². The molecule has 0 spiro atoms. The van der Waals surface area contributed by atoms with Gasteiger partial charge in [0, 0.05) is 43.2 Å². The van der Waals surface area contributed by atoms with Crippen LogP contribution in [0.1, 0.15) is 24.4 Å². The number of hydrogen-bond donors (Lipinski definition) is 1. The van der Waals surface area contributed by atoms with Crippen LogP contribution in [0.25, 0.3) is 16.6 Å². The summed E-state index contributed by atoms with van der Waals surface area (Å²) in [5.74, 6) is 0.970. The van der Waals surface area contributed by atoms with Crippen LogP contribution in [0, 0.1) is 17.2 Å². The number of nitriles is 1. The lowest BCUT2D eigenvalue weighted by Gasteiger charge is -2.20. The highest BCUT2D eigenvalue weighted by molar-refractivity contribution is 5.79. The van der Waals surface area contributed by atoms with E-state index < -0.39 is 0 Å². The molecule has 5 heterocycles. The highest BCUT2D eigenvalue weighted by atomic mass is 16.5. The fourth-order valence-electron chi connectivity index (χ4n) is 4.45. The van der Waals surface area contributed by atoms with Crippen molar-refractivity contribution in [1.29, 1.82) is 5.26 Å². The second-order valence-corrected chi connectivity index (χ2v) is 7.89. The van der Waals surface area contributed by atoms with Crippen LogP contribution in [-0.2, 0) is 4.79 Å². The van der Waals surface area contributed by atoms with Crippen LogP contribution in [0.4, 0.5) is 0 Å². The van der Waals surface area contributed by atoms with Gasteiger partial charge in [-0.25, -0.2) is 4.52 Å². The van der Waals surface area contributed by atoms with E-state index in [0.717, 1.165) is 43.6 Å². The maximum atomic E-state index is 12.7. The molecule has 9 heteroatoms. The van der Waals surface area contributed by atoms with E-state index in [1.807, 2.05) is 34.2 Å². The number of amides is 1. The Hall–Kier alpha value is -3.38. The Kier molecular flexibility index (Phi) is 4.64. The number of ether oxygens (including phenoxy) is 1. The maximum absolute atomic E-state index is 12.7. The third kappa shape index (κ3) is 3.09. The second-order valence-electron chi connectivity index (χ2n) is 7.89. The monoisotopic (exact) mass is 405 g/mol. The van der Waals surface area contributed by atoms with Crippen molar-refractivity contribution in [2.45, 2.75) is 18.9 Å². The van der Waals surface area contributed by atoms with Gasteiger partial charge in [-0.05, 0) is 25.5 Å². The largest absolute Gasteiger partial charge is 0.494 e. The Balaban J connectivity index is 1.37. The van der Waals surface area contributed by atoms with E-state index in [1.165, 1.54) is 6.20 Å². The molecule has 2 aliphatic heterocycles. The van der Waals surface area contributed by atoms with Gasteiger partial charge in [0.1, 0.15) is 22.9 Å². The van der Waals surface area contributed by atoms with Crippen LogP contribution in [0.2, 0.25) is 0 Å². The molecule has 1 N–H and O–H groups in total. The standard InChI is InChI=1S/C21H23N7O2/c1-30-19-6-15(11-28-20(19)16(7-22)9-25-28)17-10-24-27(12-17)18-3-5-26(13-18)21(29)14-2-4-23-8-14/h6,9-12,14,18,23H,2-5,8,13H2,1H3/t14-,18+/m0/s1. The van der Waals surface area contributed by atoms with Crippen molar-refractivity contribution >= 4 is 11.4 Å². The van der Waals surface area contributed by atoms with Crippen LogP contribution < -0.4 is 10.1 Å². The minimum Gasteiger partial charge on any atom is -0.494 e. The molecule has 3 aromatic heterocycles. The molecule has 2 aliphatic rings. The van der Waals surface area contributed by atoms with E-state index in [4.69, 9.17) is 4.74 Å². The van der Waals surface area contributed by atoms with Gasteiger partial charge in [0.2, 0.25) is 5.91 Å². The van der Waals surface area contributed by atoms with Gasteiger partial charge in [-0.15, -0.1) is 0 Å². The van der Waals surface area contributed by atoms with E-state index in [9.17, 15) is 10.1 Å². The van der Waals surface area contributed by atoms with E-state index in [1.54, 1.807) is 11.6 Å². The van der Waals surface area contributed by atoms with Crippen molar-refractivity contribution in [3.05, 3.63) is 36.4 Å². The molecule has 5 rings (SSSR count). The van der Waals surface area contributed by atoms with Gasteiger partial charge < -0.3 is 15.0 Å². The van der Waals surface area contributed by atoms with Crippen molar-refractivity contribution < 1.29 is 9.53 Å². The molecule has 2 fully saturated rings. The van der Waals surface area contributed by atoms with Crippen molar-refractivity contribution in [1.82, 2.24) is 29.6 Å². The summed E-state index contributed by atoms with van der Waals surface area (Å²) in [6.45, 7) is 3.19. The Labute approximate surface area is 173 Å². The summed E-state index contributed by atoms with van der Waals surface area (Å²) in [5.41, 5.74) is 2.97. The quantitative estimate of drug-likeness (QED) is 0.705. The topological polar surface area (TPSA) is 100 Å². The van der Waals surface area contributed by atoms with Crippen LogP contribution in [0.15, 0.2) is 30.9 Å². The molecule has 2 saturated heterocycles. The third-order valence-electron chi connectivity index (χ3n) is 6.11. The molecule has 3 aromatic rings. The first-order valence-corrected chi connectivity index (χ1v) is 10.2. The highest BCUT2D eigenvalue weighted by Crippen LogP contribution is 2.31. The number of carbonyl (C=O) groups is 1. The van der Waals surface area contributed by atoms with Crippen molar-refractivity contribution in [2.75, 3.05) is 33.3 Å². The fourth-order valence-corrected chi connectivity index (χ4v) is 4.45. The van der Waals surface area contributed by atoms with Gasteiger partial charge in [0.15, 0.2) is 0 Å². The zero-order valence-electron chi connectivity index (χ0n) is 16.8. The molecule has 0 bridgehead atoms. The molecular formula is C21H23N7O2. The maximum Gasteiger partial charge on any atom is 0.227 e. The van der Waals surface area contributed by atoms with Gasteiger partial charge in [0.25, 0.3) is 0 Å². The number of aromatic nitrogens is 4. The fraction of sp³-hybridized carbons (Fsp3) is 0.429. The highest BCUT2D eigenvalue weighted by Gasteiger charge is 2.33. The average Bonchev–Trinajstić information content (AvgIpc) is 3.56. The number of likely N-dealkylation sites (tertiary alicyclic amines) is 1. The smallest absolute Gasteiger partial charge is 0.227 e. The summed E-state index contributed by atoms with van der Waals surface area (Å²) >= 11 is 0. The molecule has 2 atom stereocenters. The molecule has 0 aliphatic carbocycles. The molecule has 0 aromatic carbocycles. The average molecular weight is 405 g/mol. The summed E-state index contributed by atoms with van der Waals surface area (Å²) in [7, 11) is 1.58. The lowest BCUT2D eigenvalue weighted by molar-refractivity contribution is -0.133. The number of pyridine rings is 1. The lowest BCUT2D eigenvalue weighted by Crippen LogP contribution is -2.35. The molecule has 0 saturated carbocycles. The van der Waals surface area contributed by atoms with Crippen molar-refractivity contribution in [3.8, 4) is 22.9 Å². The van der Waals surface area contributed by atoms with Gasteiger partial charge >= 0.3 is 0 Å². The number of carbonyl (C=O) groups excluding carboxylic acids is 1. The summed E-state index contributed by atoms with van der Waals surface area (Å²) in [6, 6.07) is 4.22. The summed E-state index contributed by atoms with van der Waals surface area (Å²) < 4.78 is 9.11. The zero-order valence-corrected chi connectivity index (χ0v) is 16.8. The van der Waals surface area contributed by atoms with Crippen LogP contribution in [0.3, 0.4) is 0 Å². The third-order valence-corrected chi connectivity index (χ3v) is 6.11. The van der Waals surface area contributed by atoms with Gasteiger partial charge in [0.05, 0.1) is 31.5 Å². The number of nitrogens with zero attached hydrogens (tertiary/aromatic N) is 6. The molecule has 0 radical (unpaired) electrons. The number of hydrogen-bond acceptors (Lipinski definition) is 6. The van der Waals surface area contributed by atoms with E-state index >= 15 is 0 Å². The van der Waals surface area contributed by atoms with Crippen molar-refractivity contribution in [2.24, 2.45) is 5.92 Å². The summed E-state index contributed by atoms with van der Waals surface area (Å²) in [6.07, 6.45) is 9.07.